The van der Waals surface area contributed by atoms with Crippen molar-refractivity contribution in [3.8, 4) is 0 Å². The lowest BCUT2D eigenvalue weighted by Gasteiger charge is -2.34. The zero-order valence-corrected chi connectivity index (χ0v) is 14.6. The summed E-state index contributed by atoms with van der Waals surface area (Å²) < 4.78 is 32.2. The Bertz CT molecular complexity index is 668. The highest BCUT2D eigenvalue weighted by atomic mass is 32.2. The van der Waals surface area contributed by atoms with Crippen molar-refractivity contribution in [2.45, 2.75) is 43.2 Å². The van der Waals surface area contributed by atoms with E-state index in [2.05, 4.69) is 19.4 Å². The number of amides is 1. The number of nitrogens with one attached hydrogen (secondary N) is 1. The molecule has 7 heteroatoms. The van der Waals surface area contributed by atoms with Gasteiger partial charge >= 0.3 is 0 Å². The van der Waals surface area contributed by atoms with Gasteiger partial charge < -0.3 is 14.4 Å². The van der Waals surface area contributed by atoms with Gasteiger partial charge in [-0.1, -0.05) is 17.7 Å². The predicted octanol–water partition coefficient (Wildman–Crippen LogP) is 1.01. The van der Waals surface area contributed by atoms with Crippen LogP contribution in [0.15, 0.2) is 29.2 Å². The van der Waals surface area contributed by atoms with E-state index in [0.29, 0.717) is 12.1 Å². The number of hydrogen-bond acceptors (Lipinski definition) is 4. The van der Waals surface area contributed by atoms with Crippen molar-refractivity contribution in [1.82, 2.24) is 5.32 Å². The number of hydrogen-bond donors (Lipinski definition) is 1. The van der Waals surface area contributed by atoms with Crippen molar-refractivity contribution in [3.05, 3.63) is 29.8 Å². The van der Waals surface area contributed by atoms with Crippen LogP contribution >= 0.6 is 0 Å². The standard InChI is InChI=1S/C9H16N2O.C7H8O3S/c1-11(2)7-3-4-8(11)6-10-9(12)5-7;1-6-2-4-7(5-3-6)11(8,9)10/h7-8H,3-6H2,1-2H3;2-5H,1H3,(H,8,9,10). The molecule has 128 valence electrons. The van der Waals surface area contributed by atoms with Crippen molar-refractivity contribution < 1.29 is 22.2 Å². The van der Waals surface area contributed by atoms with E-state index in [4.69, 9.17) is 0 Å². The summed E-state index contributed by atoms with van der Waals surface area (Å²) in [5.74, 6) is 0.244. The van der Waals surface area contributed by atoms with Crippen LogP contribution in [-0.2, 0) is 14.9 Å². The number of rotatable bonds is 1. The van der Waals surface area contributed by atoms with Gasteiger partial charge in [-0.3, -0.25) is 4.79 Å². The Hall–Kier alpha value is -1.44. The topological polar surface area (TPSA) is 86.3 Å². The fraction of sp³-hybridized carbons (Fsp3) is 0.562. The molecule has 2 heterocycles. The molecule has 1 N–H and O–H groups in total. The molecule has 2 bridgehead atoms. The van der Waals surface area contributed by atoms with Gasteiger partial charge in [0.25, 0.3) is 0 Å². The van der Waals surface area contributed by atoms with Gasteiger partial charge in [0.2, 0.25) is 5.91 Å². The van der Waals surface area contributed by atoms with Gasteiger partial charge in [0, 0.05) is 12.8 Å². The third kappa shape index (κ3) is 4.31. The number of aryl methyl sites for hydroxylation is 1. The maximum absolute atomic E-state index is 11.2. The van der Waals surface area contributed by atoms with E-state index < -0.39 is 10.1 Å². The molecule has 6 nitrogen and oxygen atoms in total. The van der Waals surface area contributed by atoms with Crippen LogP contribution in [0.2, 0.25) is 0 Å². The van der Waals surface area contributed by atoms with Crippen molar-refractivity contribution >= 4 is 16.0 Å². The van der Waals surface area contributed by atoms with Gasteiger partial charge in [-0.05, 0) is 19.1 Å². The Labute approximate surface area is 137 Å². The average molecular weight is 340 g/mol. The Morgan fingerprint density at radius 3 is 2.26 bits per heavy atom. The van der Waals surface area contributed by atoms with Gasteiger partial charge in [-0.15, -0.1) is 0 Å². The monoisotopic (exact) mass is 340 g/mol. The molecule has 0 saturated carbocycles. The third-order valence-corrected chi connectivity index (χ3v) is 5.83. The van der Waals surface area contributed by atoms with Gasteiger partial charge in [-0.25, -0.2) is 8.42 Å². The minimum absolute atomic E-state index is 0.178. The first-order chi connectivity index (χ1) is 10.6. The second-order valence-corrected chi connectivity index (χ2v) is 8.17. The van der Waals surface area contributed by atoms with Gasteiger partial charge in [0.05, 0.1) is 38.0 Å². The maximum Gasteiger partial charge on any atom is 0.226 e. The predicted molar refractivity (Wildman–Crippen MR) is 85.7 cm³/mol. The molecule has 3 rings (SSSR count). The molecule has 0 aliphatic carbocycles. The summed E-state index contributed by atoms with van der Waals surface area (Å²) in [6, 6.07) is 7.00. The summed E-state index contributed by atoms with van der Waals surface area (Å²) >= 11 is 0. The summed E-state index contributed by atoms with van der Waals surface area (Å²) in [5.41, 5.74) is 0.928. The molecular weight excluding hydrogens is 316 g/mol. The van der Waals surface area contributed by atoms with Crippen molar-refractivity contribution in [3.63, 3.8) is 0 Å². The zero-order chi connectivity index (χ0) is 17.3. The van der Waals surface area contributed by atoms with Crippen LogP contribution in [0.5, 0.6) is 0 Å². The van der Waals surface area contributed by atoms with E-state index in [1.165, 1.54) is 25.0 Å². The normalized spacial score (nSPS) is 25.8. The van der Waals surface area contributed by atoms with Crippen LogP contribution in [0.25, 0.3) is 0 Å². The molecule has 2 saturated heterocycles. The Kier molecular flexibility index (Phi) is 5.13. The lowest BCUT2D eigenvalue weighted by Crippen LogP contribution is -2.50. The second kappa shape index (κ2) is 6.59. The second-order valence-electron chi connectivity index (χ2n) is 6.79. The van der Waals surface area contributed by atoms with E-state index in [1.54, 1.807) is 12.1 Å². The first-order valence-corrected chi connectivity index (χ1v) is 9.14. The number of nitrogens with zero attached hydrogens (tertiary/aromatic N) is 1. The van der Waals surface area contributed by atoms with Gasteiger partial charge in [0.1, 0.15) is 16.2 Å². The first kappa shape index (κ1) is 17.9. The number of quaternary nitrogens is 1. The summed E-state index contributed by atoms with van der Waals surface area (Å²) in [6.07, 6.45) is 3.23. The third-order valence-electron chi connectivity index (χ3n) is 4.98. The van der Waals surface area contributed by atoms with Crippen LogP contribution in [0.1, 0.15) is 24.8 Å². The molecular formula is C16H24N2O4S. The molecule has 0 aromatic heterocycles. The number of carbonyl (C=O) groups excluding carboxylic acids is 1. The van der Waals surface area contributed by atoms with Gasteiger partial charge in [0.15, 0.2) is 0 Å². The van der Waals surface area contributed by atoms with E-state index in [9.17, 15) is 17.8 Å². The number of likely N-dealkylation sites (N-methyl/N-ethyl adjacent to an activating group) is 1. The van der Waals surface area contributed by atoms with Crippen LogP contribution in [0.3, 0.4) is 0 Å². The fourth-order valence-corrected chi connectivity index (χ4v) is 3.72. The highest BCUT2D eigenvalue weighted by Crippen LogP contribution is 2.32. The molecule has 2 atom stereocenters. The lowest BCUT2D eigenvalue weighted by atomic mass is 10.1. The SMILES string of the molecule is C[N+]1(C)C2CCC1CC(=O)NC2.Cc1ccc(S(=O)(=O)[O-])cc1. The lowest BCUT2D eigenvalue weighted by molar-refractivity contribution is -0.922. The molecule has 2 fully saturated rings. The van der Waals surface area contributed by atoms with E-state index in [1.807, 2.05) is 6.92 Å². The van der Waals surface area contributed by atoms with Crippen molar-refractivity contribution in [1.29, 1.82) is 0 Å². The molecule has 1 amide bonds. The molecule has 1 aromatic rings. The summed E-state index contributed by atoms with van der Waals surface area (Å²) in [4.78, 5) is 11.1. The highest BCUT2D eigenvalue weighted by Gasteiger charge is 2.45. The Morgan fingerprint density at radius 2 is 1.70 bits per heavy atom. The zero-order valence-electron chi connectivity index (χ0n) is 13.8. The molecule has 2 unspecified atom stereocenters. The molecule has 1 aromatic carbocycles. The Balaban J connectivity index is 0.000000168. The maximum atomic E-state index is 11.2. The molecule has 23 heavy (non-hydrogen) atoms. The van der Waals surface area contributed by atoms with Crippen LogP contribution in [0, 0.1) is 6.92 Å². The van der Waals surface area contributed by atoms with Crippen molar-refractivity contribution in [2.75, 3.05) is 20.6 Å². The van der Waals surface area contributed by atoms with Crippen LogP contribution < -0.4 is 5.32 Å². The van der Waals surface area contributed by atoms with Crippen LogP contribution in [-0.4, -0.2) is 56.1 Å². The summed E-state index contributed by atoms with van der Waals surface area (Å²) in [7, 11) is 0.236. The van der Waals surface area contributed by atoms with Crippen molar-refractivity contribution in [2.24, 2.45) is 0 Å². The fourth-order valence-electron chi connectivity index (χ4n) is 3.25. The first-order valence-electron chi connectivity index (χ1n) is 7.73. The smallest absolute Gasteiger partial charge is 0.226 e. The molecule has 0 radical (unpaired) electrons. The number of carbonyl (C=O) groups is 1. The molecule has 2 aliphatic heterocycles. The molecule has 0 spiro atoms. The number of benzene rings is 1. The van der Waals surface area contributed by atoms with E-state index in [-0.39, 0.29) is 10.8 Å². The molecule has 2 aliphatic rings. The largest absolute Gasteiger partial charge is 0.744 e. The minimum atomic E-state index is -4.27. The Morgan fingerprint density at radius 1 is 1.13 bits per heavy atom. The summed E-state index contributed by atoms with van der Waals surface area (Å²) in [5, 5.41) is 2.98. The summed E-state index contributed by atoms with van der Waals surface area (Å²) in [6.45, 7) is 2.70. The quantitative estimate of drug-likeness (QED) is 0.611. The number of fused-ring (bicyclic) bond motifs is 2. The van der Waals surface area contributed by atoms with E-state index >= 15 is 0 Å². The minimum Gasteiger partial charge on any atom is -0.744 e. The van der Waals surface area contributed by atoms with E-state index in [0.717, 1.165) is 23.0 Å². The average Bonchev–Trinajstić information content (AvgIpc) is 2.64. The van der Waals surface area contributed by atoms with Gasteiger partial charge in [-0.2, -0.15) is 0 Å². The highest BCUT2D eigenvalue weighted by molar-refractivity contribution is 7.85. The van der Waals surface area contributed by atoms with Crippen LogP contribution in [0.4, 0.5) is 0 Å².